The topological polar surface area (TPSA) is 96.2 Å². The quantitative estimate of drug-likeness (QED) is 0.140. The van der Waals surface area contributed by atoms with Crippen LogP contribution in [0.3, 0.4) is 0 Å². The fraction of sp³-hybridized carbons (Fsp3) is 0.850. The van der Waals surface area contributed by atoms with Gasteiger partial charge in [-0.1, -0.05) is 80.7 Å². The van der Waals surface area contributed by atoms with Crippen molar-refractivity contribution >= 4 is 12.6 Å². The number of rotatable bonds is 0. The summed E-state index contributed by atoms with van der Waals surface area (Å²) in [7, 11) is 0. The van der Waals surface area contributed by atoms with E-state index in [4.69, 9.17) is 12.6 Å². The van der Waals surface area contributed by atoms with Gasteiger partial charge in [-0.3, -0.25) is 42.5 Å². The van der Waals surface area contributed by atoms with E-state index in [-0.39, 0.29) is 19.5 Å². The van der Waals surface area contributed by atoms with Crippen molar-refractivity contribution in [1.29, 1.82) is 0 Å². The molecular weight excluding hydrogens is 690 g/mol. The Kier molecular flexibility index (Phi) is 11.6. The maximum Gasteiger partial charge on any atom is 0.0628 e. The number of aryl methyl sites for hydroxylation is 2. The van der Waals surface area contributed by atoms with Crippen molar-refractivity contribution in [3.8, 4) is 0 Å². The van der Waals surface area contributed by atoms with Crippen molar-refractivity contribution in [2.24, 2.45) is 47.3 Å². The van der Waals surface area contributed by atoms with Crippen LogP contribution in [0, 0.1) is 61.2 Å². The molecule has 8 bridgehead atoms. The van der Waals surface area contributed by atoms with Gasteiger partial charge in [-0.15, -0.1) is 0 Å². The second kappa shape index (κ2) is 15.8. The number of benzene rings is 1. The third-order valence-electron chi connectivity index (χ3n) is 15.1. The van der Waals surface area contributed by atoms with Gasteiger partial charge in [0.15, 0.2) is 0 Å². The van der Waals surface area contributed by atoms with Gasteiger partial charge < -0.3 is 12.6 Å². The van der Waals surface area contributed by atoms with Crippen molar-refractivity contribution in [3.63, 3.8) is 0 Å². The summed E-state index contributed by atoms with van der Waals surface area (Å²) < 4.78 is 0. The van der Waals surface area contributed by atoms with E-state index in [1.54, 1.807) is 0 Å². The minimum Gasteiger partial charge on any atom is -0.779 e. The molecule has 0 spiro atoms. The third-order valence-corrected chi connectivity index (χ3v) is 15.6. The van der Waals surface area contributed by atoms with Crippen LogP contribution in [0.1, 0.15) is 114 Å². The van der Waals surface area contributed by atoms with Crippen LogP contribution in [0.5, 0.6) is 0 Å². The smallest absolute Gasteiger partial charge is 0.0628 e. The van der Waals surface area contributed by atoms with Crippen LogP contribution in [0.15, 0.2) is 23.1 Å². The Bertz CT molecular complexity index is 1100. The van der Waals surface area contributed by atoms with E-state index in [0.29, 0.717) is 49.3 Å². The normalized spacial score (nSPS) is 47.8. The van der Waals surface area contributed by atoms with E-state index >= 15 is 0 Å². The standard InChI is InChI=1S/C32H56N8.C8H10S.Zn/c1-2-10-18-17(9-1)25-33-26(18)38-28-21-13-5-6-14-22(21)30(35-28)40-32-24-16-8-7-15-23(24)31(36-32)39-29-20-12-4-3-11-19(20)27(34-29)37-25;1-6-3-4-8(9)7(2)5-6;/h17-40H,1-16H2;3-5,9H,1-2H3;/p-1. The largest absolute Gasteiger partial charge is 0.779 e. The molecule has 8 N–H and O–H groups in total. The van der Waals surface area contributed by atoms with E-state index in [2.05, 4.69) is 55.5 Å². The molecule has 5 aliphatic heterocycles. The Morgan fingerprint density at radius 3 is 0.800 bits per heavy atom. The Hall–Kier alpha value is -0.257. The molecule has 10 rings (SSSR count). The third kappa shape index (κ3) is 7.16. The van der Waals surface area contributed by atoms with E-state index in [1.807, 2.05) is 19.1 Å². The molecule has 274 valence electrons. The van der Waals surface area contributed by atoms with E-state index < -0.39 is 0 Å². The molecule has 9 fully saturated rings. The number of hydrogen-bond acceptors (Lipinski definition) is 9. The first kappa shape index (κ1) is 36.7. The fourth-order valence-corrected chi connectivity index (χ4v) is 12.9. The van der Waals surface area contributed by atoms with Gasteiger partial charge >= 0.3 is 0 Å². The van der Waals surface area contributed by atoms with Crippen LogP contribution in [0.25, 0.3) is 0 Å². The zero-order chi connectivity index (χ0) is 33.1. The number of nitrogens with one attached hydrogen (secondary N) is 8. The second-order valence-corrected chi connectivity index (χ2v) is 18.3. The summed E-state index contributed by atoms with van der Waals surface area (Å²) in [6.07, 6.45) is 25.6. The first-order valence-electron chi connectivity index (χ1n) is 20.8. The van der Waals surface area contributed by atoms with Gasteiger partial charge in [0.05, 0.1) is 49.3 Å². The van der Waals surface area contributed by atoms with Gasteiger partial charge in [0.25, 0.3) is 0 Å². The maximum atomic E-state index is 5.01. The number of hydrogen-bond donors (Lipinski definition) is 8. The summed E-state index contributed by atoms with van der Waals surface area (Å²) in [6.45, 7) is 4.11. The van der Waals surface area contributed by atoms with Gasteiger partial charge in [0.1, 0.15) is 0 Å². The molecule has 8 nitrogen and oxygen atoms in total. The summed E-state index contributed by atoms with van der Waals surface area (Å²) in [5, 5.41) is 33.8. The van der Waals surface area contributed by atoms with Gasteiger partial charge in [-0.05, 0) is 113 Å². The maximum absolute atomic E-state index is 5.01. The molecule has 0 amide bonds. The summed E-state index contributed by atoms with van der Waals surface area (Å²) in [6, 6.07) is 6.11. The van der Waals surface area contributed by atoms with Gasteiger partial charge in [-0.2, -0.15) is 4.90 Å². The summed E-state index contributed by atoms with van der Waals surface area (Å²) in [5.74, 6) is 5.97. The van der Waals surface area contributed by atoms with Crippen LogP contribution < -0.4 is 42.5 Å². The molecule has 0 radical (unpaired) electrons. The molecule has 4 saturated carbocycles. The monoisotopic (exact) mass is 753 g/mol. The minimum absolute atomic E-state index is 0. The van der Waals surface area contributed by atoms with Gasteiger partial charge in [0.2, 0.25) is 0 Å². The molecule has 1 aromatic rings. The molecule has 0 aromatic heterocycles. The molecular formula is C40H65N8SZn-. The Morgan fingerprint density at radius 2 is 0.620 bits per heavy atom. The molecule has 8 unspecified atom stereocenters. The predicted molar refractivity (Wildman–Crippen MR) is 199 cm³/mol. The Morgan fingerprint density at radius 1 is 0.400 bits per heavy atom. The molecule has 50 heavy (non-hydrogen) atoms. The Balaban J connectivity index is 0.000000318. The van der Waals surface area contributed by atoms with Crippen LogP contribution in [-0.2, 0) is 32.1 Å². The van der Waals surface area contributed by atoms with Crippen LogP contribution >= 0.6 is 0 Å². The molecule has 4 aliphatic carbocycles. The first-order valence-corrected chi connectivity index (χ1v) is 21.2. The first-order chi connectivity index (χ1) is 24.0. The predicted octanol–water partition coefficient (Wildman–Crippen LogP) is 4.81. The number of fused-ring (bicyclic) bond motifs is 20. The average Bonchev–Trinajstić information content (AvgIpc) is 3.86. The van der Waals surface area contributed by atoms with Crippen LogP contribution in [0.2, 0.25) is 0 Å². The minimum atomic E-state index is 0. The second-order valence-electron chi connectivity index (χ2n) is 17.9. The fourth-order valence-electron chi connectivity index (χ4n) is 12.8. The van der Waals surface area contributed by atoms with Crippen molar-refractivity contribution in [2.75, 3.05) is 0 Å². The molecule has 5 heterocycles. The summed E-state index contributed by atoms with van der Waals surface area (Å²) >= 11 is 5.01. The van der Waals surface area contributed by atoms with Crippen molar-refractivity contribution in [3.05, 3.63) is 29.3 Å². The van der Waals surface area contributed by atoms with Gasteiger partial charge in [0, 0.05) is 19.5 Å². The summed E-state index contributed by atoms with van der Waals surface area (Å²) in [5.41, 5.74) is 2.48. The van der Waals surface area contributed by atoms with Crippen molar-refractivity contribution < 1.29 is 19.5 Å². The van der Waals surface area contributed by atoms with Crippen LogP contribution in [-0.4, -0.2) is 49.3 Å². The molecule has 9 aliphatic rings. The van der Waals surface area contributed by atoms with Gasteiger partial charge in [-0.25, -0.2) is 0 Å². The molecule has 8 atom stereocenters. The zero-order valence-corrected chi connectivity index (χ0v) is 34.7. The molecule has 10 heteroatoms. The zero-order valence-electron chi connectivity index (χ0n) is 30.9. The van der Waals surface area contributed by atoms with Crippen molar-refractivity contribution in [1.82, 2.24) is 42.5 Å². The average molecular weight is 755 g/mol. The van der Waals surface area contributed by atoms with E-state index in [0.717, 1.165) is 52.2 Å². The van der Waals surface area contributed by atoms with Crippen LogP contribution in [0.4, 0.5) is 0 Å². The summed E-state index contributed by atoms with van der Waals surface area (Å²) in [4.78, 5) is 0.959. The molecule has 5 saturated heterocycles. The van der Waals surface area contributed by atoms with E-state index in [1.165, 1.54) is 114 Å². The van der Waals surface area contributed by atoms with Crippen molar-refractivity contribution in [2.45, 2.75) is 171 Å². The molecule has 1 aromatic carbocycles. The Labute approximate surface area is 320 Å². The van der Waals surface area contributed by atoms with E-state index in [9.17, 15) is 0 Å². The SMILES string of the molecule is C1CCC2C3NC(NC4NC(NC5NC(NC6NC(N3)C3CCCCC63)C3CCCCC53)C3CCCCC43)C2C1.Cc1ccc([S-])c(C)c1.[Zn].